The summed E-state index contributed by atoms with van der Waals surface area (Å²) in [7, 11) is 3.28. The number of rotatable bonds is 9. The molecule has 22 heavy (non-hydrogen) atoms. The third kappa shape index (κ3) is 6.21. The first-order valence-electron chi connectivity index (χ1n) is 7.24. The van der Waals surface area contributed by atoms with Crippen molar-refractivity contribution in [2.24, 2.45) is 0 Å². The van der Waals surface area contributed by atoms with Gasteiger partial charge in [0.2, 0.25) is 0 Å². The second-order valence-electron chi connectivity index (χ2n) is 4.55. The first-order valence-corrected chi connectivity index (χ1v) is 7.24. The van der Waals surface area contributed by atoms with E-state index >= 15 is 0 Å². The van der Waals surface area contributed by atoms with Gasteiger partial charge in [0.25, 0.3) is 0 Å². The lowest BCUT2D eigenvalue weighted by Crippen LogP contribution is -2.28. The summed E-state index contributed by atoms with van der Waals surface area (Å²) < 4.78 is 21.4. The molecule has 0 aliphatic heterocycles. The maximum absolute atomic E-state index is 5.87. The molecule has 0 saturated carbocycles. The van der Waals surface area contributed by atoms with E-state index in [1.54, 1.807) is 20.3 Å². The van der Waals surface area contributed by atoms with Gasteiger partial charge in [-0.15, -0.1) is 6.58 Å². The molecule has 1 rings (SSSR count). The lowest BCUT2D eigenvalue weighted by Gasteiger charge is -2.22. The minimum Gasteiger partial charge on any atom is -0.497 e. The van der Waals surface area contributed by atoms with Crippen molar-refractivity contribution in [2.45, 2.75) is 32.2 Å². The fourth-order valence-corrected chi connectivity index (χ4v) is 1.84. The van der Waals surface area contributed by atoms with Gasteiger partial charge in [-0.3, -0.25) is 0 Å². The van der Waals surface area contributed by atoms with Gasteiger partial charge in [0.15, 0.2) is 0 Å². The van der Waals surface area contributed by atoms with Crippen LogP contribution in [-0.4, -0.2) is 33.0 Å². The summed E-state index contributed by atoms with van der Waals surface area (Å²) in [5.41, 5.74) is 1.06. The fourth-order valence-electron chi connectivity index (χ4n) is 1.84. The Kier molecular flexibility index (Phi) is 8.82. The molecule has 0 radical (unpaired) electrons. The lowest BCUT2D eigenvalue weighted by atomic mass is 10.1. The zero-order valence-corrected chi connectivity index (χ0v) is 13.5. The SMILES string of the molecule is C=C[C@H](OCc1ccc(OC)cc1)[C@@H](CC#COCC)OC. The van der Waals surface area contributed by atoms with Gasteiger partial charge in [-0.05, 0) is 24.6 Å². The maximum Gasteiger partial charge on any atom is 0.118 e. The monoisotopic (exact) mass is 304 g/mol. The third-order valence-electron chi connectivity index (χ3n) is 3.09. The average Bonchev–Trinajstić information content (AvgIpc) is 2.57. The first-order chi connectivity index (χ1) is 10.7. The van der Waals surface area contributed by atoms with E-state index in [4.69, 9.17) is 18.9 Å². The molecule has 0 heterocycles. The van der Waals surface area contributed by atoms with E-state index < -0.39 is 0 Å². The Morgan fingerprint density at radius 3 is 2.50 bits per heavy atom. The molecule has 4 nitrogen and oxygen atoms in total. The number of hydrogen-bond acceptors (Lipinski definition) is 4. The van der Waals surface area contributed by atoms with Crippen LogP contribution in [0.15, 0.2) is 36.9 Å². The molecule has 1 aromatic rings. The van der Waals surface area contributed by atoms with Crippen molar-refractivity contribution in [3.63, 3.8) is 0 Å². The van der Waals surface area contributed by atoms with Crippen LogP contribution in [0.2, 0.25) is 0 Å². The summed E-state index contributed by atoms with van der Waals surface area (Å²) in [5, 5.41) is 0. The van der Waals surface area contributed by atoms with Crippen molar-refractivity contribution in [3.8, 4) is 17.8 Å². The Hall–Kier alpha value is -1.96. The van der Waals surface area contributed by atoms with Gasteiger partial charge in [-0.25, -0.2) is 0 Å². The van der Waals surface area contributed by atoms with Crippen LogP contribution in [0.5, 0.6) is 5.75 Å². The average molecular weight is 304 g/mol. The van der Waals surface area contributed by atoms with Gasteiger partial charge in [0, 0.05) is 13.5 Å². The Bertz CT molecular complexity index is 484. The van der Waals surface area contributed by atoms with Crippen LogP contribution in [-0.2, 0) is 20.8 Å². The van der Waals surface area contributed by atoms with Crippen molar-refractivity contribution in [2.75, 3.05) is 20.8 Å². The zero-order valence-electron chi connectivity index (χ0n) is 13.5. The van der Waals surface area contributed by atoms with Crippen LogP contribution < -0.4 is 4.74 Å². The van der Waals surface area contributed by atoms with Gasteiger partial charge < -0.3 is 18.9 Å². The molecule has 120 valence electrons. The number of ether oxygens (including phenoxy) is 4. The molecule has 0 unspecified atom stereocenters. The van der Waals surface area contributed by atoms with Crippen molar-refractivity contribution >= 4 is 0 Å². The molecular weight excluding hydrogens is 280 g/mol. The molecule has 0 bridgehead atoms. The number of benzene rings is 1. The van der Waals surface area contributed by atoms with Crippen LogP contribution in [0.4, 0.5) is 0 Å². The highest BCUT2D eigenvalue weighted by atomic mass is 16.5. The molecule has 0 aliphatic carbocycles. The maximum atomic E-state index is 5.87. The second kappa shape index (κ2) is 10.7. The largest absolute Gasteiger partial charge is 0.497 e. The van der Waals surface area contributed by atoms with E-state index in [1.165, 1.54) is 0 Å². The quantitative estimate of drug-likeness (QED) is 0.519. The van der Waals surface area contributed by atoms with Crippen LogP contribution in [0, 0.1) is 12.0 Å². The van der Waals surface area contributed by atoms with E-state index in [2.05, 4.69) is 18.6 Å². The molecule has 0 amide bonds. The zero-order chi connectivity index (χ0) is 16.2. The minimum absolute atomic E-state index is 0.177. The molecular formula is C18H24O4. The molecule has 0 fully saturated rings. The standard InChI is InChI=1S/C18H24O4/c1-5-17(18(20-4)8-7-13-21-6-2)22-14-15-9-11-16(19-3)12-10-15/h5,9-12,17-18H,1,6,8,14H2,2-4H3/t17-,18+/m0/s1. The van der Waals surface area contributed by atoms with Gasteiger partial charge in [-0.1, -0.05) is 24.1 Å². The van der Waals surface area contributed by atoms with E-state index in [1.807, 2.05) is 31.2 Å². The third-order valence-corrected chi connectivity index (χ3v) is 3.09. The van der Waals surface area contributed by atoms with E-state index in [0.29, 0.717) is 19.6 Å². The van der Waals surface area contributed by atoms with Crippen LogP contribution in [0.3, 0.4) is 0 Å². The van der Waals surface area contributed by atoms with Crippen molar-refractivity contribution in [3.05, 3.63) is 42.5 Å². The predicted molar refractivity (Wildman–Crippen MR) is 86.6 cm³/mol. The van der Waals surface area contributed by atoms with Gasteiger partial charge in [0.1, 0.15) is 18.0 Å². The summed E-state index contributed by atoms with van der Waals surface area (Å²) in [5.74, 6) is 3.75. The molecule has 2 atom stereocenters. The fraction of sp³-hybridized carbons (Fsp3) is 0.444. The normalized spacial score (nSPS) is 12.7. The van der Waals surface area contributed by atoms with Gasteiger partial charge in [0.05, 0.1) is 26.4 Å². The van der Waals surface area contributed by atoms with Crippen molar-refractivity contribution in [1.29, 1.82) is 0 Å². The first kappa shape index (κ1) is 18.1. The van der Waals surface area contributed by atoms with Gasteiger partial charge in [-0.2, -0.15) is 0 Å². The lowest BCUT2D eigenvalue weighted by molar-refractivity contribution is -0.0365. The summed E-state index contributed by atoms with van der Waals surface area (Å²) in [6.45, 7) is 6.75. The van der Waals surface area contributed by atoms with Crippen molar-refractivity contribution < 1.29 is 18.9 Å². The molecule has 0 spiro atoms. The molecule has 0 N–H and O–H groups in total. The predicted octanol–water partition coefficient (Wildman–Crippen LogP) is 3.17. The molecule has 0 aromatic heterocycles. The van der Waals surface area contributed by atoms with E-state index in [-0.39, 0.29) is 12.2 Å². The summed E-state index contributed by atoms with van der Waals surface area (Å²) >= 11 is 0. The van der Waals surface area contributed by atoms with Crippen LogP contribution in [0.25, 0.3) is 0 Å². The molecule has 0 saturated heterocycles. The highest BCUT2D eigenvalue weighted by Crippen LogP contribution is 2.15. The molecule has 1 aromatic carbocycles. The highest BCUT2D eigenvalue weighted by molar-refractivity contribution is 5.26. The van der Waals surface area contributed by atoms with Crippen LogP contribution >= 0.6 is 0 Å². The highest BCUT2D eigenvalue weighted by Gasteiger charge is 2.18. The smallest absolute Gasteiger partial charge is 0.118 e. The van der Waals surface area contributed by atoms with E-state index in [0.717, 1.165) is 11.3 Å². The topological polar surface area (TPSA) is 36.9 Å². The number of hydrogen-bond donors (Lipinski definition) is 0. The Balaban J connectivity index is 2.54. The second-order valence-corrected chi connectivity index (χ2v) is 4.55. The van der Waals surface area contributed by atoms with Gasteiger partial charge >= 0.3 is 0 Å². The summed E-state index contributed by atoms with van der Waals surface area (Å²) in [6.07, 6.45) is 4.48. The Morgan fingerprint density at radius 1 is 1.23 bits per heavy atom. The molecule has 4 heteroatoms. The summed E-state index contributed by atoms with van der Waals surface area (Å²) in [4.78, 5) is 0. The summed E-state index contributed by atoms with van der Waals surface area (Å²) in [6, 6.07) is 7.75. The Morgan fingerprint density at radius 2 is 1.95 bits per heavy atom. The molecule has 0 aliphatic rings. The Labute approximate surface area is 133 Å². The number of methoxy groups -OCH3 is 2. The van der Waals surface area contributed by atoms with Crippen molar-refractivity contribution in [1.82, 2.24) is 0 Å². The van der Waals surface area contributed by atoms with Crippen LogP contribution in [0.1, 0.15) is 18.9 Å². The van der Waals surface area contributed by atoms with E-state index in [9.17, 15) is 0 Å². The minimum atomic E-state index is -0.233.